The highest BCUT2D eigenvalue weighted by atomic mass is 19.4. The van der Waals surface area contributed by atoms with Gasteiger partial charge in [0.1, 0.15) is 11.9 Å². The zero-order valence-corrected chi connectivity index (χ0v) is 29.6. The van der Waals surface area contributed by atoms with Crippen LogP contribution in [0, 0.1) is 23.4 Å². The van der Waals surface area contributed by atoms with Gasteiger partial charge in [-0.3, -0.25) is 14.5 Å². The number of ether oxygens (including phenoxy) is 1. The maximum absolute atomic E-state index is 14.4. The molecule has 5 rings (SSSR count). The first-order valence-electron chi connectivity index (χ1n) is 16.9. The van der Waals surface area contributed by atoms with E-state index in [1.54, 1.807) is 49.2 Å². The molecule has 14 heteroatoms. The van der Waals surface area contributed by atoms with Crippen molar-refractivity contribution in [2.45, 2.75) is 45.1 Å². The average Bonchev–Trinajstić information content (AvgIpc) is 3.11. The maximum Gasteiger partial charge on any atom is 0.416 e. The highest BCUT2D eigenvalue weighted by Crippen LogP contribution is 2.36. The van der Waals surface area contributed by atoms with Crippen LogP contribution in [0.5, 0.6) is 5.75 Å². The number of hydrogen-bond donors (Lipinski definition) is 2. The van der Waals surface area contributed by atoms with Crippen LogP contribution >= 0.6 is 0 Å². The monoisotopic (exact) mass is 742 g/mol. The zero-order chi connectivity index (χ0) is 38.6. The van der Waals surface area contributed by atoms with Crippen LogP contribution in [0.4, 0.5) is 43.4 Å². The molecular weight excluding hydrogens is 702 g/mol. The van der Waals surface area contributed by atoms with Crippen molar-refractivity contribution >= 4 is 28.9 Å². The van der Waals surface area contributed by atoms with Crippen molar-refractivity contribution in [1.82, 2.24) is 9.80 Å². The molecule has 282 valence electrons. The number of likely N-dealkylation sites (N-methyl/N-ethyl adjacent to an activating group) is 1. The smallest absolute Gasteiger partial charge is 0.416 e. The molecule has 0 radical (unpaired) electrons. The lowest BCUT2D eigenvalue weighted by Gasteiger charge is -2.38. The van der Waals surface area contributed by atoms with Crippen LogP contribution < -0.4 is 15.0 Å². The van der Waals surface area contributed by atoms with E-state index in [4.69, 9.17) is 4.74 Å². The maximum atomic E-state index is 14.4. The van der Waals surface area contributed by atoms with Crippen molar-refractivity contribution in [3.05, 3.63) is 119 Å². The number of carbonyl (C=O) groups is 2. The Morgan fingerprint density at radius 3 is 2.25 bits per heavy atom. The van der Waals surface area contributed by atoms with Crippen LogP contribution in [-0.2, 0) is 23.9 Å². The third-order valence-electron chi connectivity index (χ3n) is 9.23. The summed E-state index contributed by atoms with van der Waals surface area (Å²) in [7, 11) is 3.42. The number of benzene rings is 4. The molecule has 0 aromatic heterocycles. The van der Waals surface area contributed by atoms with Crippen molar-refractivity contribution in [2.75, 3.05) is 44.0 Å². The number of hydrogen-bond acceptors (Lipinski definition) is 6. The fraction of sp³-hybridized carbons (Fsp3) is 0.333. The second-order valence-corrected chi connectivity index (χ2v) is 13.4. The van der Waals surface area contributed by atoms with Crippen LogP contribution in [-0.4, -0.2) is 72.7 Å². The molecule has 0 unspecified atom stereocenters. The van der Waals surface area contributed by atoms with Gasteiger partial charge in [-0.1, -0.05) is 37.3 Å². The van der Waals surface area contributed by atoms with Crippen molar-refractivity contribution in [3.8, 4) is 5.75 Å². The van der Waals surface area contributed by atoms with Gasteiger partial charge in [0.25, 0.3) is 5.91 Å². The number of para-hydroxylation sites is 1. The van der Waals surface area contributed by atoms with Gasteiger partial charge in [-0.25, -0.2) is 13.2 Å². The highest BCUT2D eigenvalue weighted by Gasteiger charge is 2.35. The molecule has 3 atom stereocenters. The molecule has 4 aromatic carbocycles. The van der Waals surface area contributed by atoms with Gasteiger partial charge in [0.05, 0.1) is 41.6 Å². The summed E-state index contributed by atoms with van der Waals surface area (Å²) >= 11 is 0. The standard InChI is InChI=1S/C39H40F6N4O4/c1-23-19-49(24(2)22-50)38(52)29-6-5-7-33(46-36(51)16-25-8-12-27(13-9-25)39(43,44)45)37(29)53-35(23)21-47(3)20-26-10-14-28(15-11-26)48(4)34-18-31(41)30(40)17-32(34)42/h5-15,17-18,23-24,35,50H,16,19-22H2,1-4H3,(H,46,51)/t23-,24+,35-/m1/s1. The minimum absolute atomic E-state index is 0.123. The van der Waals surface area contributed by atoms with Gasteiger partial charge in [0.2, 0.25) is 5.91 Å². The first-order chi connectivity index (χ1) is 25.0. The van der Waals surface area contributed by atoms with Crippen molar-refractivity contribution in [3.63, 3.8) is 0 Å². The number of nitrogens with zero attached hydrogens (tertiary/aromatic N) is 3. The number of aliphatic hydroxyl groups excluding tert-OH is 1. The quantitative estimate of drug-likeness (QED) is 0.123. The van der Waals surface area contributed by atoms with Crippen LogP contribution in [0.3, 0.4) is 0 Å². The van der Waals surface area contributed by atoms with E-state index >= 15 is 0 Å². The van der Waals surface area contributed by atoms with Crippen LogP contribution in [0.15, 0.2) is 78.9 Å². The summed E-state index contributed by atoms with van der Waals surface area (Å²) in [6.07, 6.45) is -5.25. The summed E-state index contributed by atoms with van der Waals surface area (Å²) in [5.41, 5.74) is 1.23. The van der Waals surface area contributed by atoms with Crippen molar-refractivity contribution in [2.24, 2.45) is 5.92 Å². The summed E-state index contributed by atoms with van der Waals surface area (Å²) in [6.45, 7) is 4.45. The molecule has 1 heterocycles. The molecule has 1 aliphatic heterocycles. The van der Waals surface area contributed by atoms with Crippen LogP contribution in [0.1, 0.15) is 40.9 Å². The van der Waals surface area contributed by atoms with Gasteiger partial charge < -0.3 is 25.0 Å². The Bertz CT molecular complexity index is 1920. The third-order valence-corrected chi connectivity index (χ3v) is 9.23. The van der Waals surface area contributed by atoms with E-state index < -0.39 is 53.2 Å². The average molecular weight is 743 g/mol. The Morgan fingerprint density at radius 1 is 0.962 bits per heavy atom. The van der Waals surface area contributed by atoms with E-state index in [2.05, 4.69) is 5.32 Å². The Kier molecular flexibility index (Phi) is 12.0. The van der Waals surface area contributed by atoms with Crippen LogP contribution in [0.2, 0.25) is 0 Å². The lowest BCUT2D eigenvalue weighted by molar-refractivity contribution is -0.137. The Hall–Kier alpha value is -5.08. The number of carbonyl (C=O) groups excluding carboxylic acids is 2. The largest absolute Gasteiger partial charge is 0.486 e. The SMILES string of the molecule is C[C@@H]1CN([C@@H](C)CO)C(=O)c2cccc(NC(=O)Cc3ccc(C(F)(F)F)cc3)c2O[C@@H]1CN(C)Cc1ccc(N(C)c2cc(F)c(F)cc2F)cc1. The Labute approximate surface area is 303 Å². The highest BCUT2D eigenvalue weighted by molar-refractivity contribution is 6.02. The number of halogens is 6. The van der Waals surface area contributed by atoms with E-state index in [-0.39, 0.29) is 48.2 Å². The number of alkyl halides is 3. The van der Waals surface area contributed by atoms with Gasteiger partial charge in [-0.2, -0.15) is 13.2 Å². The molecule has 0 spiro atoms. The number of amides is 2. The summed E-state index contributed by atoms with van der Waals surface area (Å²) in [4.78, 5) is 31.9. The number of anilines is 3. The van der Waals surface area contributed by atoms with Crippen LogP contribution in [0.25, 0.3) is 0 Å². The number of rotatable bonds is 11. The molecule has 0 saturated heterocycles. The molecule has 0 bridgehead atoms. The fourth-order valence-electron chi connectivity index (χ4n) is 6.17. The molecule has 0 saturated carbocycles. The summed E-state index contributed by atoms with van der Waals surface area (Å²) in [5.74, 6) is -4.38. The lowest BCUT2D eigenvalue weighted by atomic mass is 9.98. The van der Waals surface area contributed by atoms with Gasteiger partial charge >= 0.3 is 6.18 Å². The Morgan fingerprint density at radius 2 is 1.60 bits per heavy atom. The summed E-state index contributed by atoms with van der Waals surface area (Å²) in [5, 5.41) is 12.8. The lowest BCUT2D eigenvalue weighted by Crippen LogP contribution is -2.49. The molecule has 53 heavy (non-hydrogen) atoms. The van der Waals surface area contributed by atoms with E-state index in [1.165, 1.54) is 17.0 Å². The normalized spacial score (nSPS) is 16.8. The minimum Gasteiger partial charge on any atom is -0.486 e. The molecule has 2 amide bonds. The molecule has 1 aliphatic rings. The van der Waals surface area contributed by atoms with Gasteiger partial charge in [0.15, 0.2) is 17.4 Å². The predicted octanol–water partition coefficient (Wildman–Crippen LogP) is 7.42. The molecule has 0 fully saturated rings. The van der Waals surface area contributed by atoms with Gasteiger partial charge in [-0.15, -0.1) is 0 Å². The first-order valence-corrected chi connectivity index (χ1v) is 16.9. The first kappa shape index (κ1) is 39.1. The molecule has 4 aromatic rings. The topological polar surface area (TPSA) is 85.3 Å². The second-order valence-electron chi connectivity index (χ2n) is 13.4. The molecule has 0 aliphatic carbocycles. The number of nitrogens with one attached hydrogen (secondary N) is 1. The van der Waals surface area contributed by atoms with Crippen molar-refractivity contribution < 1.29 is 45.8 Å². The summed E-state index contributed by atoms with van der Waals surface area (Å²) < 4.78 is 87.3. The van der Waals surface area contributed by atoms with E-state index in [0.29, 0.717) is 30.4 Å². The van der Waals surface area contributed by atoms with Crippen molar-refractivity contribution in [1.29, 1.82) is 0 Å². The van der Waals surface area contributed by atoms with E-state index in [9.17, 15) is 41.0 Å². The molecular formula is C39H40F6N4O4. The second kappa shape index (κ2) is 16.3. The van der Waals surface area contributed by atoms with Gasteiger partial charge in [-0.05, 0) is 61.5 Å². The fourth-order valence-corrected chi connectivity index (χ4v) is 6.17. The predicted molar refractivity (Wildman–Crippen MR) is 189 cm³/mol. The number of aliphatic hydroxyl groups is 1. The Balaban J connectivity index is 1.34. The zero-order valence-electron chi connectivity index (χ0n) is 29.6. The van der Waals surface area contributed by atoms with E-state index in [1.807, 2.05) is 31.0 Å². The minimum atomic E-state index is -4.51. The van der Waals surface area contributed by atoms with E-state index in [0.717, 1.165) is 23.8 Å². The summed E-state index contributed by atoms with van der Waals surface area (Å²) in [6, 6.07) is 16.9. The molecule has 2 N–H and O–H groups in total. The number of fused-ring (bicyclic) bond motifs is 1. The third kappa shape index (κ3) is 9.30. The van der Waals surface area contributed by atoms with Gasteiger partial charge in [0, 0.05) is 50.4 Å². The molecule has 8 nitrogen and oxygen atoms in total.